The number of pyridine rings is 1. The van der Waals surface area contributed by atoms with Gasteiger partial charge in [-0.05, 0) is 18.2 Å². The third-order valence-corrected chi connectivity index (χ3v) is 2.53. The van der Waals surface area contributed by atoms with E-state index in [2.05, 4.69) is 9.97 Å². The van der Waals surface area contributed by atoms with E-state index in [4.69, 9.17) is 0 Å². The molecule has 74 valence electrons. The fourth-order valence-corrected chi connectivity index (χ4v) is 1.83. The van der Waals surface area contributed by atoms with Crippen LogP contribution in [0.1, 0.15) is 0 Å². The van der Waals surface area contributed by atoms with Crippen LogP contribution in [-0.2, 0) is 7.05 Å². The number of hydrogen-bond acceptors (Lipinski definition) is 3. The Bertz CT molecular complexity index is 657. The molecule has 0 unspecified atom stereocenters. The van der Waals surface area contributed by atoms with Crippen molar-refractivity contribution in [1.82, 2.24) is 14.5 Å². The molecular formula is C11H9N3O. The lowest BCUT2D eigenvalue weighted by atomic mass is 10.2. The molecule has 0 saturated heterocycles. The quantitative estimate of drug-likeness (QED) is 0.601. The number of benzene rings is 1. The Balaban J connectivity index is 2.61. The third kappa shape index (κ3) is 1.08. The number of aryl methyl sites for hydroxylation is 1. The summed E-state index contributed by atoms with van der Waals surface area (Å²) in [6.45, 7) is 0. The summed E-state index contributed by atoms with van der Waals surface area (Å²) in [5, 5.41) is 10.4. The molecule has 1 N–H and O–H groups in total. The topological polar surface area (TPSA) is 50.9 Å². The highest BCUT2D eigenvalue weighted by molar-refractivity contribution is 6.02. The second kappa shape index (κ2) is 2.70. The van der Waals surface area contributed by atoms with Crippen molar-refractivity contribution < 1.29 is 5.11 Å². The third-order valence-electron chi connectivity index (χ3n) is 2.53. The smallest absolute Gasteiger partial charge is 0.116 e. The van der Waals surface area contributed by atoms with Gasteiger partial charge in [0.25, 0.3) is 0 Å². The van der Waals surface area contributed by atoms with Crippen molar-refractivity contribution in [3.8, 4) is 5.75 Å². The normalized spacial score (nSPS) is 11.3. The van der Waals surface area contributed by atoms with Gasteiger partial charge in [0.1, 0.15) is 11.3 Å². The van der Waals surface area contributed by atoms with E-state index in [-0.39, 0.29) is 5.75 Å². The standard InChI is InChI=1S/C11H9N3O/c1-14-6-13-10-5-12-9-3-2-7(15)4-8(9)11(10)14/h2-6,15H,1H3. The first-order chi connectivity index (χ1) is 7.25. The van der Waals surface area contributed by atoms with Crippen LogP contribution >= 0.6 is 0 Å². The van der Waals surface area contributed by atoms with Gasteiger partial charge in [-0.2, -0.15) is 0 Å². The number of nitrogens with zero attached hydrogens (tertiary/aromatic N) is 3. The Morgan fingerprint density at radius 3 is 2.93 bits per heavy atom. The van der Waals surface area contributed by atoms with Crippen LogP contribution in [-0.4, -0.2) is 19.6 Å². The Hall–Kier alpha value is -2.10. The highest BCUT2D eigenvalue weighted by atomic mass is 16.3. The van der Waals surface area contributed by atoms with Crippen LogP contribution in [0.5, 0.6) is 5.75 Å². The van der Waals surface area contributed by atoms with Crippen molar-refractivity contribution >= 4 is 21.9 Å². The van der Waals surface area contributed by atoms with E-state index in [9.17, 15) is 5.11 Å². The maximum Gasteiger partial charge on any atom is 0.116 e. The summed E-state index contributed by atoms with van der Waals surface area (Å²) in [6.07, 6.45) is 3.49. The molecule has 4 heteroatoms. The Morgan fingerprint density at radius 2 is 2.07 bits per heavy atom. The van der Waals surface area contributed by atoms with Gasteiger partial charge in [-0.1, -0.05) is 0 Å². The van der Waals surface area contributed by atoms with E-state index in [0.717, 1.165) is 21.9 Å². The number of imidazole rings is 1. The Morgan fingerprint density at radius 1 is 1.20 bits per heavy atom. The van der Waals surface area contributed by atoms with E-state index in [1.54, 1.807) is 30.7 Å². The lowest BCUT2D eigenvalue weighted by molar-refractivity contribution is 0.476. The predicted molar refractivity (Wildman–Crippen MR) is 57.7 cm³/mol. The molecule has 3 aromatic rings. The maximum absolute atomic E-state index is 9.46. The molecule has 2 aromatic heterocycles. The van der Waals surface area contributed by atoms with Gasteiger partial charge in [0.05, 0.1) is 23.6 Å². The van der Waals surface area contributed by atoms with E-state index in [1.807, 2.05) is 11.6 Å². The van der Waals surface area contributed by atoms with Crippen molar-refractivity contribution in [2.75, 3.05) is 0 Å². The van der Waals surface area contributed by atoms with Gasteiger partial charge >= 0.3 is 0 Å². The summed E-state index contributed by atoms with van der Waals surface area (Å²) < 4.78 is 1.93. The minimum atomic E-state index is 0.248. The molecule has 0 amide bonds. The highest BCUT2D eigenvalue weighted by Gasteiger charge is 2.06. The minimum absolute atomic E-state index is 0.248. The summed E-state index contributed by atoms with van der Waals surface area (Å²) in [7, 11) is 1.93. The first-order valence-electron chi connectivity index (χ1n) is 4.64. The minimum Gasteiger partial charge on any atom is -0.508 e. The van der Waals surface area contributed by atoms with Crippen LogP contribution in [0, 0.1) is 0 Å². The summed E-state index contributed by atoms with van der Waals surface area (Å²) in [5.41, 5.74) is 2.70. The summed E-state index contributed by atoms with van der Waals surface area (Å²) >= 11 is 0. The lowest BCUT2D eigenvalue weighted by Gasteiger charge is -2.01. The predicted octanol–water partition coefficient (Wildman–Crippen LogP) is 1.83. The van der Waals surface area contributed by atoms with Gasteiger partial charge in [-0.25, -0.2) is 4.98 Å². The van der Waals surface area contributed by atoms with Gasteiger partial charge in [0.2, 0.25) is 0 Å². The summed E-state index contributed by atoms with van der Waals surface area (Å²) in [4.78, 5) is 8.49. The van der Waals surface area contributed by atoms with Gasteiger partial charge in [0.15, 0.2) is 0 Å². The zero-order chi connectivity index (χ0) is 10.4. The van der Waals surface area contributed by atoms with Crippen LogP contribution in [0.4, 0.5) is 0 Å². The molecule has 0 atom stereocenters. The van der Waals surface area contributed by atoms with Gasteiger partial charge < -0.3 is 9.67 Å². The second-order valence-electron chi connectivity index (χ2n) is 3.55. The molecular weight excluding hydrogens is 190 g/mol. The molecule has 0 bridgehead atoms. The van der Waals surface area contributed by atoms with Crippen LogP contribution in [0.15, 0.2) is 30.7 Å². The number of rotatable bonds is 0. The Kier molecular flexibility index (Phi) is 1.48. The lowest BCUT2D eigenvalue weighted by Crippen LogP contribution is -1.87. The maximum atomic E-state index is 9.46. The number of hydrogen-bond donors (Lipinski definition) is 1. The largest absolute Gasteiger partial charge is 0.508 e. The first-order valence-corrected chi connectivity index (χ1v) is 4.64. The molecule has 1 aromatic carbocycles. The molecule has 0 radical (unpaired) electrons. The van der Waals surface area contributed by atoms with Gasteiger partial charge in [-0.3, -0.25) is 4.98 Å². The monoisotopic (exact) mass is 199 g/mol. The van der Waals surface area contributed by atoms with E-state index in [1.165, 1.54) is 0 Å². The van der Waals surface area contributed by atoms with Crippen molar-refractivity contribution in [2.45, 2.75) is 0 Å². The van der Waals surface area contributed by atoms with Crippen molar-refractivity contribution in [2.24, 2.45) is 7.05 Å². The fraction of sp³-hybridized carbons (Fsp3) is 0.0909. The number of phenolic OH excluding ortho intramolecular Hbond substituents is 1. The summed E-state index contributed by atoms with van der Waals surface area (Å²) in [5.74, 6) is 0.248. The SMILES string of the molecule is Cn1cnc2cnc3ccc(O)cc3c21. The van der Waals surface area contributed by atoms with Crippen LogP contribution in [0.25, 0.3) is 21.9 Å². The zero-order valence-corrected chi connectivity index (χ0v) is 8.18. The molecule has 2 heterocycles. The average molecular weight is 199 g/mol. The van der Waals surface area contributed by atoms with Crippen molar-refractivity contribution in [3.05, 3.63) is 30.7 Å². The molecule has 3 rings (SSSR count). The van der Waals surface area contributed by atoms with Crippen LogP contribution in [0.2, 0.25) is 0 Å². The molecule has 0 aliphatic rings. The van der Waals surface area contributed by atoms with E-state index < -0.39 is 0 Å². The molecule has 15 heavy (non-hydrogen) atoms. The van der Waals surface area contributed by atoms with Gasteiger partial charge in [-0.15, -0.1) is 0 Å². The first kappa shape index (κ1) is 8.23. The second-order valence-corrected chi connectivity index (χ2v) is 3.55. The molecule has 0 aliphatic carbocycles. The fourth-order valence-electron chi connectivity index (χ4n) is 1.83. The molecule has 4 nitrogen and oxygen atoms in total. The van der Waals surface area contributed by atoms with Gasteiger partial charge in [0, 0.05) is 12.4 Å². The number of aromatic nitrogens is 3. The highest BCUT2D eigenvalue weighted by Crippen LogP contribution is 2.25. The molecule has 0 saturated carbocycles. The number of aromatic hydroxyl groups is 1. The zero-order valence-electron chi connectivity index (χ0n) is 8.18. The number of phenols is 1. The van der Waals surface area contributed by atoms with Crippen molar-refractivity contribution in [1.29, 1.82) is 0 Å². The molecule has 0 aliphatic heterocycles. The van der Waals surface area contributed by atoms with Crippen LogP contribution in [0.3, 0.4) is 0 Å². The Labute approximate surface area is 85.8 Å². The average Bonchev–Trinajstić information content (AvgIpc) is 2.60. The van der Waals surface area contributed by atoms with E-state index >= 15 is 0 Å². The van der Waals surface area contributed by atoms with Crippen molar-refractivity contribution in [3.63, 3.8) is 0 Å². The van der Waals surface area contributed by atoms with Crippen LogP contribution < -0.4 is 0 Å². The molecule has 0 fully saturated rings. The molecule has 0 spiro atoms. The summed E-state index contributed by atoms with van der Waals surface area (Å²) in [6, 6.07) is 5.15. The number of fused-ring (bicyclic) bond motifs is 3. The van der Waals surface area contributed by atoms with E-state index in [0.29, 0.717) is 0 Å².